The van der Waals surface area contributed by atoms with Crippen molar-refractivity contribution in [2.75, 3.05) is 38.6 Å². The van der Waals surface area contributed by atoms with Crippen LogP contribution in [0, 0.1) is 17.2 Å². The topological polar surface area (TPSA) is 72.3 Å². The number of anilines is 1. The van der Waals surface area contributed by atoms with Gasteiger partial charge in [-0.05, 0) is 44.8 Å². The van der Waals surface area contributed by atoms with Crippen molar-refractivity contribution in [3.8, 4) is 6.07 Å². The van der Waals surface area contributed by atoms with E-state index in [0.29, 0.717) is 22.2 Å². The average Bonchev–Trinajstić information content (AvgIpc) is 2.65. The lowest BCUT2D eigenvalue weighted by molar-refractivity contribution is -0.178. The van der Waals surface area contributed by atoms with Gasteiger partial charge in [-0.15, -0.1) is 0 Å². The number of hydrogen-bond acceptors (Lipinski definition) is 5. The molecule has 3 rings (SSSR count). The van der Waals surface area contributed by atoms with E-state index >= 15 is 0 Å². The van der Waals surface area contributed by atoms with Crippen molar-refractivity contribution in [3.05, 3.63) is 36.0 Å². The minimum Gasteiger partial charge on any atom is -0.368 e. The fraction of sp³-hybridized carbons (Fsp3) is 0.450. The van der Waals surface area contributed by atoms with Gasteiger partial charge in [0.25, 0.3) is 0 Å². The Morgan fingerprint density at radius 2 is 2.10 bits per heavy atom. The van der Waals surface area contributed by atoms with Crippen molar-refractivity contribution in [2.24, 2.45) is 5.92 Å². The number of hydrogen-bond donors (Lipinski definition) is 1. The Hall–Kier alpha value is -2.86. The Morgan fingerprint density at radius 1 is 1.34 bits per heavy atom. The molecule has 0 aliphatic carbocycles. The average molecular weight is 405 g/mol. The van der Waals surface area contributed by atoms with E-state index in [1.807, 2.05) is 0 Å². The number of benzene rings is 1. The second-order valence-electron chi connectivity index (χ2n) is 7.53. The summed E-state index contributed by atoms with van der Waals surface area (Å²) >= 11 is 0. The molecule has 2 heterocycles. The van der Waals surface area contributed by atoms with Crippen LogP contribution in [0.4, 0.5) is 18.9 Å². The zero-order chi connectivity index (χ0) is 21.2. The van der Waals surface area contributed by atoms with Gasteiger partial charge in [0, 0.05) is 36.4 Å². The van der Waals surface area contributed by atoms with Crippen LogP contribution in [-0.2, 0) is 4.79 Å². The molecule has 0 bridgehead atoms. The third kappa shape index (κ3) is 4.77. The summed E-state index contributed by atoms with van der Waals surface area (Å²) in [7, 11) is 3.45. The van der Waals surface area contributed by atoms with E-state index in [9.17, 15) is 23.2 Å². The molecular formula is C20H22F3N5O. The van der Waals surface area contributed by atoms with Gasteiger partial charge in [-0.25, -0.2) is 0 Å². The summed E-state index contributed by atoms with van der Waals surface area (Å²) in [6.45, 7) is 0.151. The summed E-state index contributed by atoms with van der Waals surface area (Å²) in [4.78, 5) is 19.6. The molecule has 6 nitrogen and oxygen atoms in total. The minimum atomic E-state index is -4.37. The second-order valence-corrected chi connectivity index (χ2v) is 7.53. The number of carbonyl (C=O) groups excluding carboxylic acids is 1. The predicted octanol–water partition coefficient (Wildman–Crippen LogP) is 2.54. The van der Waals surface area contributed by atoms with Crippen molar-refractivity contribution < 1.29 is 18.0 Å². The number of fused-ring (bicyclic) bond motifs is 1. The number of pyridine rings is 1. The highest BCUT2D eigenvalue weighted by Gasteiger charge is 2.45. The van der Waals surface area contributed by atoms with Crippen molar-refractivity contribution in [2.45, 2.75) is 18.6 Å². The standard InChI is InChI=1S/C20H22F3N5O/c1-27(2)12-18(29)26-15-8-14(20(21,22)23)10-28(11-15)17-6-5-13(9-24)19-16(17)4-3-7-25-19/h3-7,14-15H,8,10-12H2,1-2H3,(H,26,29)/t14-,15+/m0/s1. The van der Waals surface area contributed by atoms with Gasteiger partial charge in [0.2, 0.25) is 5.91 Å². The van der Waals surface area contributed by atoms with Crippen LogP contribution in [0.2, 0.25) is 0 Å². The Balaban J connectivity index is 1.94. The number of rotatable bonds is 4. The van der Waals surface area contributed by atoms with Gasteiger partial charge in [0.05, 0.1) is 23.5 Å². The molecule has 1 N–H and O–H groups in total. The molecule has 0 radical (unpaired) electrons. The first kappa shape index (κ1) is 20.9. The molecule has 0 unspecified atom stereocenters. The minimum absolute atomic E-state index is 0.108. The SMILES string of the molecule is CN(C)CC(=O)N[C@@H]1C[C@H](C(F)(F)F)CN(c2ccc(C#N)c3ncccc23)C1. The molecule has 1 aromatic heterocycles. The lowest BCUT2D eigenvalue weighted by Gasteiger charge is -2.40. The molecule has 29 heavy (non-hydrogen) atoms. The van der Waals surface area contributed by atoms with Gasteiger partial charge in [-0.2, -0.15) is 18.4 Å². The maximum Gasteiger partial charge on any atom is 0.393 e. The van der Waals surface area contributed by atoms with Crippen LogP contribution < -0.4 is 10.2 Å². The largest absolute Gasteiger partial charge is 0.393 e. The number of halogens is 3. The van der Waals surface area contributed by atoms with E-state index < -0.39 is 18.1 Å². The van der Waals surface area contributed by atoms with E-state index in [1.54, 1.807) is 54.4 Å². The Kier molecular flexibility index (Phi) is 5.94. The monoisotopic (exact) mass is 405 g/mol. The van der Waals surface area contributed by atoms with Gasteiger partial charge >= 0.3 is 6.18 Å². The number of nitrogens with one attached hydrogen (secondary N) is 1. The summed E-state index contributed by atoms with van der Waals surface area (Å²) in [6.07, 6.45) is -2.98. The first-order valence-corrected chi connectivity index (χ1v) is 9.22. The normalized spacial score (nSPS) is 20.0. The van der Waals surface area contributed by atoms with Gasteiger partial charge < -0.3 is 15.1 Å². The van der Waals surface area contributed by atoms with E-state index in [0.717, 1.165) is 0 Å². The van der Waals surface area contributed by atoms with Crippen molar-refractivity contribution in [3.63, 3.8) is 0 Å². The van der Waals surface area contributed by atoms with Crippen molar-refractivity contribution >= 4 is 22.5 Å². The molecule has 1 amide bonds. The Bertz CT molecular complexity index is 938. The molecule has 0 spiro atoms. The molecule has 1 aromatic carbocycles. The van der Waals surface area contributed by atoms with Crippen LogP contribution in [0.15, 0.2) is 30.5 Å². The van der Waals surface area contributed by atoms with E-state index in [2.05, 4.69) is 16.4 Å². The molecule has 1 aliphatic rings. The number of aromatic nitrogens is 1. The smallest absolute Gasteiger partial charge is 0.368 e. The highest BCUT2D eigenvalue weighted by Crippen LogP contribution is 2.37. The van der Waals surface area contributed by atoms with E-state index in [1.165, 1.54) is 0 Å². The zero-order valence-corrected chi connectivity index (χ0v) is 16.2. The summed E-state index contributed by atoms with van der Waals surface area (Å²) in [5.41, 5.74) is 1.40. The number of nitriles is 1. The second kappa shape index (κ2) is 8.25. The number of piperidine rings is 1. The molecule has 0 saturated carbocycles. The van der Waals surface area contributed by atoms with Gasteiger partial charge in [-0.3, -0.25) is 9.78 Å². The first-order chi connectivity index (χ1) is 13.7. The lowest BCUT2D eigenvalue weighted by Crippen LogP contribution is -2.54. The van der Waals surface area contributed by atoms with E-state index in [-0.39, 0.29) is 32.0 Å². The Labute approximate surface area is 166 Å². The first-order valence-electron chi connectivity index (χ1n) is 9.22. The zero-order valence-electron chi connectivity index (χ0n) is 16.2. The number of alkyl halides is 3. The maximum atomic E-state index is 13.6. The molecule has 154 valence electrons. The van der Waals surface area contributed by atoms with Crippen LogP contribution >= 0.6 is 0 Å². The Morgan fingerprint density at radius 3 is 2.76 bits per heavy atom. The fourth-order valence-corrected chi connectivity index (χ4v) is 3.72. The molecular weight excluding hydrogens is 383 g/mol. The number of likely N-dealkylation sites (N-methyl/N-ethyl adjacent to an activating group) is 1. The van der Waals surface area contributed by atoms with Crippen LogP contribution in [-0.4, -0.2) is 61.7 Å². The highest BCUT2D eigenvalue weighted by atomic mass is 19.4. The summed E-state index contributed by atoms with van der Waals surface area (Å²) in [5, 5.41) is 12.6. The van der Waals surface area contributed by atoms with Crippen LogP contribution in [0.5, 0.6) is 0 Å². The van der Waals surface area contributed by atoms with Gasteiger partial charge in [-0.1, -0.05) is 0 Å². The quantitative estimate of drug-likeness (QED) is 0.847. The van der Waals surface area contributed by atoms with Crippen LogP contribution in [0.25, 0.3) is 10.9 Å². The third-order valence-electron chi connectivity index (χ3n) is 4.95. The molecule has 1 aliphatic heterocycles. The predicted molar refractivity (Wildman–Crippen MR) is 103 cm³/mol. The van der Waals surface area contributed by atoms with Crippen LogP contribution in [0.1, 0.15) is 12.0 Å². The fourth-order valence-electron chi connectivity index (χ4n) is 3.72. The lowest BCUT2D eigenvalue weighted by atomic mass is 9.92. The summed E-state index contributed by atoms with van der Waals surface area (Å²) in [6, 6.07) is 8.09. The summed E-state index contributed by atoms with van der Waals surface area (Å²) in [5.74, 6) is -1.88. The summed E-state index contributed by atoms with van der Waals surface area (Å²) < 4.78 is 40.7. The highest BCUT2D eigenvalue weighted by molar-refractivity contribution is 5.95. The molecule has 2 aromatic rings. The molecule has 9 heteroatoms. The molecule has 2 atom stereocenters. The third-order valence-corrected chi connectivity index (χ3v) is 4.95. The van der Waals surface area contributed by atoms with Crippen LogP contribution in [0.3, 0.4) is 0 Å². The number of nitrogens with zero attached hydrogens (tertiary/aromatic N) is 4. The number of carbonyl (C=O) groups is 1. The number of amides is 1. The maximum absolute atomic E-state index is 13.6. The van der Waals surface area contributed by atoms with Crippen molar-refractivity contribution in [1.29, 1.82) is 5.26 Å². The van der Waals surface area contributed by atoms with Gasteiger partial charge in [0.1, 0.15) is 6.07 Å². The van der Waals surface area contributed by atoms with Crippen molar-refractivity contribution in [1.82, 2.24) is 15.2 Å². The van der Waals surface area contributed by atoms with Gasteiger partial charge in [0.15, 0.2) is 0 Å². The molecule has 1 fully saturated rings. The van der Waals surface area contributed by atoms with E-state index in [4.69, 9.17) is 0 Å². The molecule has 1 saturated heterocycles.